The van der Waals surface area contributed by atoms with Crippen LogP contribution in [0.15, 0.2) is 23.0 Å². The van der Waals surface area contributed by atoms with Gasteiger partial charge in [0.2, 0.25) is 5.91 Å². The fraction of sp³-hybridized carbons (Fsp3) is 0.560. The monoisotopic (exact) mass is 448 g/mol. The standard InChI is InChI=1S/C25H32N6O2/c1-16-9-10-17(2)20(12-16)15-31-24-22(28-29-31)25(33)27-23(26-24)19-8-5-11-30(14-19)21(32)13-18-6-3-4-7-18/h9-10,12,18-19H,3-8,11,13-15H2,1-2H3,(H,26,27,33)/t19-/m1/s1. The van der Waals surface area contributed by atoms with Crippen molar-refractivity contribution in [3.63, 3.8) is 0 Å². The predicted octanol–water partition coefficient (Wildman–Crippen LogP) is 3.47. The van der Waals surface area contributed by atoms with Crippen molar-refractivity contribution in [1.29, 1.82) is 0 Å². The van der Waals surface area contributed by atoms with Crippen molar-refractivity contribution in [2.45, 2.75) is 71.3 Å². The molecule has 1 atom stereocenters. The van der Waals surface area contributed by atoms with E-state index in [1.54, 1.807) is 4.68 Å². The minimum absolute atomic E-state index is 0.0208. The summed E-state index contributed by atoms with van der Waals surface area (Å²) in [6.45, 7) is 6.04. The van der Waals surface area contributed by atoms with Gasteiger partial charge in [0, 0.05) is 25.4 Å². The molecule has 33 heavy (non-hydrogen) atoms. The number of carbonyl (C=O) groups excluding carboxylic acids is 1. The van der Waals surface area contributed by atoms with Crippen molar-refractivity contribution < 1.29 is 4.79 Å². The average molecular weight is 449 g/mol. The number of aromatic amines is 1. The molecular weight excluding hydrogens is 416 g/mol. The number of fused-ring (bicyclic) bond motifs is 1. The molecule has 1 aromatic carbocycles. The summed E-state index contributed by atoms with van der Waals surface area (Å²) in [5.74, 6) is 1.44. The molecule has 5 rings (SSSR count). The summed E-state index contributed by atoms with van der Waals surface area (Å²) in [7, 11) is 0. The van der Waals surface area contributed by atoms with Crippen LogP contribution >= 0.6 is 0 Å². The number of carbonyl (C=O) groups is 1. The number of nitrogens with zero attached hydrogens (tertiary/aromatic N) is 5. The molecule has 174 valence electrons. The SMILES string of the molecule is Cc1ccc(C)c(Cn2nnc3c(=O)[nH]c([C@@H]4CCCN(C(=O)CC5CCCC5)C4)nc32)c1. The summed E-state index contributed by atoms with van der Waals surface area (Å²) < 4.78 is 1.71. The van der Waals surface area contributed by atoms with Gasteiger partial charge in [-0.3, -0.25) is 9.59 Å². The third-order valence-corrected chi connectivity index (χ3v) is 7.32. The molecule has 2 aliphatic rings. The smallest absolute Gasteiger partial charge is 0.281 e. The zero-order chi connectivity index (χ0) is 22.9. The van der Waals surface area contributed by atoms with Crippen LogP contribution in [0.1, 0.15) is 73.4 Å². The van der Waals surface area contributed by atoms with Crippen LogP contribution in [0.4, 0.5) is 0 Å². The van der Waals surface area contributed by atoms with Crippen LogP contribution in [-0.4, -0.2) is 48.9 Å². The number of hydrogen-bond acceptors (Lipinski definition) is 5. The molecule has 0 unspecified atom stereocenters. The molecule has 0 spiro atoms. The van der Waals surface area contributed by atoms with Gasteiger partial charge in [-0.2, -0.15) is 0 Å². The van der Waals surface area contributed by atoms with E-state index >= 15 is 0 Å². The van der Waals surface area contributed by atoms with E-state index in [0.717, 1.165) is 30.5 Å². The number of likely N-dealkylation sites (tertiary alicyclic amines) is 1. The second kappa shape index (κ2) is 9.08. The molecule has 1 aliphatic carbocycles. The summed E-state index contributed by atoms with van der Waals surface area (Å²) in [5.41, 5.74) is 3.97. The van der Waals surface area contributed by atoms with E-state index in [1.807, 2.05) is 4.90 Å². The van der Waals surface area contributed by atoms with Gasteiger partial charge < -0.3 is 9.88 Å². The molecule has 2 aromatic heterocycles. The van der Waals surface area contributed by atoms with Gasteiger partial charge in [-0.1, -0.05) is 41.8 Å². The van der Waals surface area contributed by atoms with Crippen LogP contribution in [-0.2, 0) is 11.3 Å². The number of rotatable bonds is 5. The fourth-order valence-electron chi connectivity index (χ4n) is 5.33. The number of H-pyrrole nitrogens is 1. The summed E-state index contributed by atoms with van der Waals surface area (Å²) in [6.07, 6.45) is 7.31. The second-order valence-electron chi connectivity index (χ2n) is 9.83. The molecule has 3 heterocycles. The molecule has 1 saturated carbocycles. The Kier molecular flexibility index (Phi) is 6.00. The van der Waals surface area contributed by atoms with Crippen LogP contribution in [0.25, 0.3) is 11.2 Å². The highest BCUT2D eigenvalue weighted by Crippen LogP contribution is 2.30. The summed E-state index contributed by atoms with van der Waals surface area (Å²) in [5, 5.41) is 8.32. The van der Waals surface area contributed by atoms with Crippen molar-refractivity contribution in [3.8, 4) is 0 Å². The van der Waals surface area contributed by atoms with Gasteiger partial charge in [0.1, 0.15) is 5.82 Å². The van der Waals surface area contributed by atoms with Crippen molar-refractivity contribution >= 4 is 17.1 Å². The Labute approximate surface area is 193 Å². The molecule has 0 bridgehead atoms. The number of benzene rings is 1. The molecule has 3 aromatic rings. The number of amides is 1. The van der Waals surface area contributed by atoms with Crippen LogP contribution in [0.2, 0.25) is 0 Å². The van der Waals surface area contributed by atoms with Gasteiger partial charge in [0.25, 0.3) is 5.56 Å². The molecule has 2 fully saturated rings. The highest BCUT2D eigenvalue weighted by atomic mass is 16.2. The van der Waals surface area contributed by atoms with Gasteiger partial charge in [0.15, 0.2) is 11.2 Å². The lowest BCUT2D eigenvalue weighted by molar-refractivity contribution is -0.133. The van der Waals surface area contributed by atoms with Crippen LogP contribution in [0, 0.1) is 19.8 Å². The van der Waals surface area contributed by atoms with E-state index in [0.29, 0.717) is 36.9 Å². The predicted molar refractivity (Wildman–Crippen MR) is 126 cm³/mol. The lowest BCUT2D eigenvalue weighted by atomic mass is 9.95. The minimum atomic E-state index is -0.267. The van der Waals surface area contributed by atoms with Crippen LogP contribution < -0.4 is 5.56 Å². The van der Waals surface area contributed by atoms with Gasteiger partial charge >= 0.3 is 0 Å². The number of hydrogen-bond donors (Lipinski definition) is 1. The molecule has 1 N–H and O–H groups in total. The Morgan fingerprint density at radius 2 is 1.97 bits per heavy atom. The van der Waals surface area contributed by atoms with Gasteiger partial charge in [-0.25, -0.2) is 9.67 Å². The minimum Gasteiger partial charge on any atom is -0.342 e. The van der Waals surface area contributed by atoms with Crippen LogP contribution in [0.3, 0.4) is 0 Å². The normalized spacial score (nSPS) is 19.5. The molecule has 1 saturated heterocycles. The van der Waals surface area contributed by atoms with Gasteiger partial charge in [0.05, 0.1) is 6.54 Å². The lowest BCUT2D eigenvalue weighted by Gasteiger charge is -2.33. The Balaban J connectivity index is 1.39. The van der Waals surface area contributed by atoms with E-state index in [4.69, 9.17) is 4.98 Å². The third kappa shape index (κ3) is 4.56. The molecule has 8 nitrogen and oxygen atoms in total. The first-order valence-electron chi connectivity index (χ1n) is 12.2. The van der Waals surface area contributed by atoms with E-state index in [1.165, 1.54) is 31.2 Å². The quantitative estimate of drug-likeness (QED) is 0.645. The first-order valence-corrected chi connectivity index (χ1v) is 12.2. The maximum atomic E-state index is 12.9. The number of aromatic nitrogens is 5. The van der Waals surface area contributed by atoms with Crippen molar-refractivity contribution in [1.82, 2.24) is 29.9 Å². The van der Waals surface area contributed by atoms with E-state index in [-0.39, 0.29) is 22.9 Å². The summed E-state index contributed by atoms with van der Waals surface area (Å²) >= 11 is 0. The largest absolute Gasteiger partial charge is 0.342 e. The lowest BCUT2D eigenvalue weighted by Crippen LogP contribution is -2.40. The first-order chi connectivity index (χ1) is 16.0. The number of nitrogens with one attached hydrogen (secondary N) is 1. The maximum absolute atomic E-state index is 12.9. The van der Waals surface area contributed by atoms with E-state index < -0.39 is 0 Å². The highest BCUT2D eigenvalue weighted by Gasteiger charge is 2.29. The zero-order valence-electron chi connectivity index (χ0n) is 19.5. The Hall–Kier alpha value is -3.03. The molecule has 8 heteroatoms. The Bertz CT molecular complexity index is 1220. The molecule has 1 amide bonds. The van der Waals surface area contributed by atoms with Crippen molar-refractivity contribution in [3.05, 3.63) is 51.1 Å². The van der Waals surface area contributed by atoms with Crippen molar-refractivity contribution in [2.24, 2.45) is 5.92 Å². The number of piperidine rings is 1. The summed E-state index contributed by atoms with van der Waals surface area (Å²) in [4.78, 5) is 35.4. The van der Waals surface area contributed by atoms with Crippen molar-refractivity contribution in [2.75, 3.05) is 13.1 Å². The molecular formula is C25H32N6O2. The Morgan fingerprint density at radius 3 is 2.79 bits per heavy atom. The van der Waals surface area contributed by atoms with E-state index in [9.17, 15) is 9.59 Å². The number of aryl methyl sites for hydroxylation is 2. The zero-order valence-corrected chi connectivity index (χ0v) is 19.5. The topological polar surface area (TPSA) is 96.8 Å². The third-order valence-electron chi connectivity index (χ3n) is 7.32. The Morgan fingerprint density at radius 1 is 1.15 bits per heavy atom. The highest BCUT2D eigenvalue weighted by molar-refractivity contribution is 5.76. The second-order valence-corrected chi connectivity index (χ2v) is 9.83. The van der Waals surface area contributed by atoms with Gasteiger partial charge in [-0.05, 0) is 56.6 Å². The first kappa shape index (κ1) is 21.8. The fourth-order valence-corrected chi connectivity index (χ4v) is 5.33. The summed E-state index contributed by atoms with van der Waals surface area (Å²) in [6, 6.07) is 6.31. The van der Waals surface area contributed by atoms with E-state index in [2.05, 4.69) is 47.3 Å². The van der Waals surface area contributed by atoms with Gasteiger partial charge in [-0.15, -0.1) is 5.10 Å². The maximum Gasteiger partial charge on any atom is 0.281 e. The van der Waals surface area contributed by atoms with Crippen LogP contribution in [0.5, 0.6) is 0 Å². The molecule has 1 aliphatic heterocycles. The average Bonchev–Trinajstić information content (AvgIpc) is 3.47. The molecule has 0 radical (unpaired) electrons.